The molecule has 0 spiro atoms. The molecule has 0 unspecified atom stereocenters. The van der Waals surface area contributed by atoms with Gasteiger partial charge in [-0.1, -0.05) is 13.0 Å². The van der Waals surface area contributed by atoms with Gasteiger partial charge in [0.2, 0.25) is 0 Å². The molecule has 0 heterocycles. The van der Waals surface area contributed by atoms with E-state index in [1.807, 2.05) is 13.8 Å². The van der Waals surface area contributed by atoms with E-state index in [1.165, 1.54) is 6.07 Å². The highest BCUT2D eigenvalue weighted by molar-refractivity contribution is 6.00. The van der Waals surface area contributed by atoms with E-state index >= 15 is 0 Å². The number of rotatable bonds is 6. The summed E-state index contributed by atoms with van der Waals surface area (Å²) in [6, 6.07) is 4.80. The van der Waals surface area contributed by atoms with Crippen LogP contribution in [0.3, 0.4) is 0 Å². The van der Waals surface area contributed by atoms with Crippen molar-refractivity contribution in [1.29, 1.82) is 0 Å². The molecule has 2 N–H and O–H groups in total. The molecule has 0 radical (unpaired) electrons. The predicted molar refractivity (Wildman–Crippen MR) is 81.6 cm³/mol. The maximum atomic E-state index is 12.5. The van der Waals surface area contributed by atoms with Crippen LogP contribution in [0.5, 0.6) is 0 Å². The van der Waals surface area contributed by atoms with Crippen molar-refractivity contribution in [3.05, 3.63) is 33.9 Å². The van der Waals surface area contributed by atoms with Crippen LogP contribution in [-0.2, 0) is 0 Å². The summed E-state index contributed by atoms with van der Waals surface area (Å²) in [5.74, 6) is -0.358. The van der Waals surface area contributed by atoms with Crippen LogP contribution >= 0.6 is 0 Å². The molecule has 2 rings (SSSR count). The fourth-order valence-corrected chi connectivity index (χ4v) is 2.74. The SMILES string of the molecule is CCNc1cccc(C(=O)NC2(CC)CCC2)c1[N+](=O)[O-]. The van der Waals surface area contributed by atoms with Crippen molar-refractivity contribution in [2.75, 3.05) is 11.9 Å². The molecule has 0 saturated heterocycles. The fraction of sp³-hybridized carbons (Fsp3) is 0.533. The number of nitrogens with one attached hydrogen (secondary N) is 2. The van der Waals surface area contributed by atoms with E-state index in [4.69, 9.17) is 0 Å². The first kappa shape index (κ1) is 15.3. The minimum atomic E-state index is -0.494. The van der Waals surface area contributed by atoms with E-state index in [0.29, 0.717) is 12.2 Å². The quantitative estimate of drug-likeness (QED) is 0.623. The highest BCUT2D eigenvalue weighted by Gasteiger charge is 2.38. The maximum Gasteiger partial charge on any atom is 0.305 e. The van der Waals surface area contributed by atoms with Crippen molar-refractivity contribution >= 4 is 17.3 Å². The van der Waals surface area contributed by atoms with E-state index in [-0.39, 0.29) is 22.7 Å². The van der Waals surface area contributed by atoms with Crippen molar-refractivity contribution in [2.24, 2.45) is 0 Å². The number of carbonyl (C=O) groups excluding carboxylic acids is 1. The Morgan fingerprint density at radius 1 is 1.38 bits per heavy atom. The Kier molecular flexibility index (Phi) is 4.45. The van der Waals surface area contributed by atoms with Crippen molar-refractivity contribution in [3.8, 4) is 0 Å². The summed E-state index contributed by atoms with van der Waals surface area (Å²) in [5.41, 5.74) is 0.175. The van der Waals surface area contributed by atoms with Gasteiger partial charge in [-0.25, -0.2) is 0 Å². The number of anilines is 1. The van der Waals surface area contributed by atoms with Crippen LogP contribution in [-0.4, -0.2) is 22.9 Å². The molecule has 0 aromatic heterocycles. The molecular weight excluding hydrogens is 270 g/mol. The molecule has 21 heavy (non-hydrogen) atoms. The number of para-hydroxylation sites is 1. The van der Waals surface area contributed by atoms with Crippen molar-refractivity contribution < 1.29 is 9.72 Å². The van der Waals surface area contributed by atoms with Crippen LogP contribution in [0.25, 0.3) is 0 Å². The van der Waals surface area contributed by atoms with Crippen LogP contribution < -0.4 is 10.6 Å². The number of amides is 1. The van der Waals surface area contributed by atoms with E-state index in [2.05, 4.69) is 10.6 Å². The molecule has 0 bridgehead atoms. The molecule has 6 nitrogen and oxygen atoms in total. The lowest BCUT2D eigenvalue weighted by molar-refractivity contribution is -0.384. The minimum absolute atomic E-state index is 0.123. The number of carbonyl (C=O) groups is 1. The summed E-state index contributed by atoms with van der Waals surface area (Å²) in [6.45, 7) is 4.45. The zero-order chi connectivity index (χ0) is 15.5. The van der Waals surface area contributed by atoms with Gasteiger partial charge >= 0.3 is 5.69 Å². The average Bonchev–Trinajstić information content (AvgIpc) is 2.42. The molecule has 1 fully saturated rings. The molecule has 0 aliphatic heterocycles. The lowest BCUT2D eigenvalue weighted by Crippen LogP contribution is -2.53. The summed E-state index contributed by atoms with van der Waals surface area (Å²) in [5, 5.41) is 17.3. The Balaban J connectivity index is 2.32. The molecule has 1 aromatic carbocycles. The second-order valence-corrected chi connectivity index (χ2v) is 5.43. The maximum absolute atomic E-state index is 12.5. The van der Waals surface area contributed by atoms with Crippen LogP contribution in [0.2, 0.25) is 0 Å². The summed E-state index contributed by atoms with van der Waals surface area (Å²) in [6.07, 6.45) is 3.82. The lowest BCUT2D eigenvalue weighted by Gasteiger charge is -2.42. The Morgan fingerprint density at radius 2 is 2.10 bits per heavy atom. The molecule has 1 aliphatic rings. The van der Waals surface area contributed by atoms with Gasteiger partial charge in [0, 0.05) is 12.1 Å². The summed E-state index contributed by atoms with van der Waals surface area (Å²) in [7, 11) is 0. The first-order valence-electron chi connectivity index (χ1n) is 7.37. The van der Waals surface area contributed by atoms with Gasteiger partial charge in [0.1, 0.15) is 11.3 Å². The smallest absolute Gasteiger partial charge is 0.305 e. The zero-order valence-electron chi connectivity index (χ0n) is 12.4. The van der Waals surface area contributed by atoms with E-state index < -0.39 is 4.92 Å². The zero-order valence-corrected chi connectivity index (χ0v) is 12.4. The van der Waals surface area contributed by atoms with Gasteiger partial charge < -0.3 is 10.6 Å². The lowest BCUT2D eigenvalue weighted by atomic mass is 9.74. The molecule has 0 atom stereocenters. The first-order valence-corrected chi connectivity index (χ1v) is 7.37. The van der Waals surface area contributed by atoms with Gasteiger partial charge in [-0.2, -0.15) is 0 Å². The van der Waals surface area contributed by atoms with Gasteiger partial charge in [-0.05, 0) is 44.7 Å². The molecule has 1 aliphatic carbocycles. The molecule has 6 heteroatoms. The van der Waals surface area contributed by atoms with Gasteiger partial charge in [-0.3, -0.25) is 14.9 Å². The van der Waals surface area contributed by atoms with Crippen molar-refractivity contribution in [1.82, 2.24) is 5.32 Å². The Morgan fingerprint density at radius 3 is 2.57 bits per heavy atom. The highest BCUT2D eigenvalue weighted by atomic mass is 16.6. The molecular formula is C15H21N3O3. The number of nitro groups is 1. The number of hydrogen-bond donors (Lipinski definition) is 2. The van der Waals surface area contributed by atoms with Gasteiger partial charge in [-0.15, -0.1) is 0 Å². The summed E-state index contributed by atoms with van der Waals surface area (Å²) in [4.78, 5) is 23.3. The third-order valence-corrected chi connectivity index (χ3v) is 4.20. The number of nitro benzene ring substituents is 1. The number of benzene rings is 1. The molecule has 114 valence electrons. The monoisotopic (exact) mass is 291 g/mol. The Hall–Kier alpha value is -2.11. The largest absolute Gasteiger partial charge is 0.380 e. The number of nitrogens with zero attached hydrogens (tertiary/aromatic N) is 1. The predicted octanol–water partition coefficient (Wildman–Crippen LogP) is 3.09. The van der Waals surface area contributed by atoms with Crippen molar-refractivity contribution in [3.63, 3.8) is 0 Å². The van der Waals surface area contributed by atoms with E-state index in [9.17, 15) is 14.9 Å². The topological polar surface area (TPSA) is 84.3 Å². The van der Waals surface area contributed by atoms with Crippen LogP contribution in [0.15, 0.2) is 18.2 Å². The van der Waals surface area contributed by atoms with Crippen LogP contribution in [0.1, 0.15) is 49.9 Å². The number of hydrogen-bond acceptors (Lipinski definition) is 4. The Bertz CT molecular complexity index is 548. The molecule has 1 aromatic rings. The third-order valence-electron chi connectivity index (χ3n) is 4.20. The van der Waals surface area contributed by atoms with Gasteiger partial charge in [0.25, 0.3) is 5.91 Å². The minimum Gasteiger partial charge on any atom is -0.380 e. The second kappa shape index (κ2) is 6.11. The first-order chi connectivity index (χ1) is 10.0. The van der Waals surface area contributed by atoms with Gasteiger partial charge in [0.05, 0.1) is 4.92 Å². The van der Waals surface area contributed by atoms with E-state index in [1.54, 1.807) is 12.1 Å². The highest BCUT2D eigenvalue weighted by Crippen LogP contribution is 2.36. The Labute approximate surface area is 124 Å². The molecule has 1 amide bonds. The average molecular weight is 291 g/mol. The molecule has 1 saturated carbocycles. The third kappa shape index (κ3) is 2.99. The van der Waals surface area contributed by atoms with E-state index in [0.717, 1.165) is 25.7 Å². The summed E-state index contributed by atoms with van der Waals surface area (Å²) >= 11 is 0. The second-order valence-electron chi connectivity index (χ2n) is 5.43. The summed E-state index contributed by atoms with van der Waals surface area (Å²) < 4.78 is 0. The van der Waals surface area contributed by atoms with Crippen LogP contribution in [0, 0.1) is 10.1 Å². The fourth-order valence-electron chi connectivity index (χ4n) is 2.74. The van der Waals surface area contributed by atoms with Crippen molar-refractivity contribution in [2.45, 2.75) is 45.1 Å². The van der Waals surface area contributed by atoms with Crippen LogP contribution in [0.4, 0.5) is 11.4 Å². The normalized spacial score (nSPS) is 15.9. The van der Waals surface area contributed by atoms with Gasteiger partial charge in [0.15, 0.2) is 0 Å². The standard InChI is InChI=1S/C15H21N3O3/c1-3-15(9-6-10-15)17-14(19)11-7-5-8-12(16-4-2)13(11)18(20)21/h5,7-8,16H,3-4,6,9-10H2,1-2H3,(H,17,19).